The normalized spacial score (nSPS) is 12.7. The average Bonchev–Trinajstić information content (AvgIpc) is 2.71. The lowest BCUT2D eigenvalue weighted by molar-refractivity contribution is 0.491. The SMILES string of the molecule is CCc1nn(C)c(CC(N)Cc2cccc(F)c2F)c1Br. The lowest BCUT2D eigenvalue weighted by Crippen LogP contribution is -2.27. The monoisotopic (exact) mass is 357 g/mol. The largest absolute Gasteiger partial charge is 0.327 e. The Kier molecular flexibility index (Phi) is 5.11. The number of benzene rings is 1. The van der Waals surface area contributed by atoms with E-state index in [4.69, 9.17) is 5.73 Å². The molecule has 0 aliphatic heterocycles. The Balaban J connectivity index is 2.14. The summed E-state index contributed by atoms with van der Waals surface area (Å²) < 4.78 is 29.6. The van der Waals surface area contributed by atoms with Gasteiger partial charge in [0.25, 0.3) is 0 Å². The topological polar surface area (TPSA) is 43.8 Å². The van der Waals surface area contributed by atoms with E-state index in [1.807, 2.05) is 14.0 Å². The zero-order chi connectivity index (χ0) is 15.6. The van der Waals surface area contributed by atoms with Crippen molar-refractivity contribution in [3.8, 4) is 0 Å². The van der Waals surface area contributed by atoms with Crippen molar-refractivity contribution in [1.29, 1.82) is 0 Å². The Morgan fingerprint density at radius 2 is 2.05 bits per heavy atom. The van der Waals surface area contributed by atoms with Gasteiger partial charge in [0.05, 0.1) is 15.9 Å². The summed E-state index contributed by atoms with van der Waals surface area (Å²) in [7, 11) is 1.86. The third-order valence-corrected chi connectivity index (χ3v) is 4.39. The summed E-state index contributed by atoms with van der Waals surface area (Å²) >= 11 is 3.53. The Labute approximate surface area is 131 Å². The molecule has 1 aromatic carbocycles. The Hall–Kier alpha value is -1.27. The van der Waals surface area contributed by atoms with Crippen molar-refractivity contribution >= 4 is 15.9 Å². The number of halogens is 3. The van der Waals surface area contributed by atoms with Crippen molar-refractivity contribution in [3.05, 3.63) is 51.3 Å². The van der Waals surface area contributed by atoms with Gasteiger partial charge in [0, 0.05) is 19.5 Å². The maximum absolute atomic E-state index is 13.7. The van der Waals surface area contributed by atoms with Gasteiger partial charge in [-0.1, -0.05) is 19.1 Å². The van der Waals surface area contributed by atoms with Gasteiger partial charge in [0.15, 0.2) is 11.6 Å². The van der Waals surface area contributed by atoms with Gasteiger partial charge in [-0.05, 0) is 40.4 Å². The summed E-state index contributed by atoms with van der Waals surface area (Å²) in [6.45, 7) is 2.03. The van der Waals surface area contributed by atoms with Gasteiger partial charge in [-0.15, -0.1) is 0 Å². The maximum Gasteiger partial charge on any atom is 0.162 e. The minimum Gasteiger partial charge on any atom is -0.327 e. The number of hydrogen-bond donors (Lipinski definition) is 1. The smallest absolute Gasteiger partial charge is 0.162 e. The zero-order valence-corrected chi connectivity index (χ0v) is 13.6. The summed E-state index contributed by atoms with van der Waals surface area (Å²) in [5.41, 5.74) is 8.33. The van der Waals surface area contributed by atoms with Crippen LogP contribution in [-0.4, -0.2) is 15.8 Å². The van der Waals surface area contributed by atoms with E-state index in [-0.39, 0.29) is 12.5 Å². The second kappa shape index (κ2) is 6.66. The highest BCUT2D eigenvalue weighted by Crippen LogP contribution is 2.23. The number of nitrogens with zero attached hydrogens (tertiary/aromatic N) is 2. The van der Waals surface area contributed by atoms with E-state index >= 15 is 0 Å². The Bertz CT molecular complexity index is 640. The average molecular weight is 358 g/mol. The molecule has 1 unspecified atom stereocenters. The van der Waals surface area contributed by atoms with E-state index in [0.29, 0.717) is 12.0 Å². The quantitative estimate of drug-likeness (QED) is 0.893. The van der Waals surface area contributed by atoms with E-state index in [1.165, 1.54) is 6.07 Å². The molecule has 0 bridgehead atoms. The molecule has 1 atom stereocenters. The van der Waals surface area contributed by atoms with E-state index < -0.39 is 11.6 Å². The summed E-state index contributed by atoms with van der Waals surface area (Å²) in [5.74, 6) is -1.65. The first-order chi connectivity index (χ1) is 9.93. The van der Waals surface area contributed by atoms with Crippen molar-refractivity contribution < 1.29 is 8.78 Å². The van der Waals surface area contributed by atoms with Crippen LogP contribution >= 0.6 is 15.9 Å². The summed E-state index contributed by atoms with van der Waals surface area (Å²) in [4.78, 5) is 0. The standard InChI is InChI=1S/C15H18BrF2N3/c1-3-12-14(16)13(21(2)20-12)8-10(19)7-9-5-4-6-11(17)15(9)18/h4-6,10H,3,7-8,19H2,1-2H3. The zero-order valence-electron chi connectivity index (χ0n) is 12.0. The second-order valence-corrected chi connectivity index (χ2v) is 5.86. The van der Waals surface area contributed by atoms with Crippen molar-refractivity contribution in [2.45, 2.75) is 32.2 Å². The van der Waals surface area contributed by atoms with Crippen molar-refractivity contribution in [2.24, 2.45) is 12.8 Å². The van der Waals surface area contributed by atoms with Gasteiger partial charge in [0.1, 0.15) is 0 Å². The highest BCUT2D eigenvalue weighted by atomic mass is 79.9. The van der Waals surface area contributed by atoms with Crippen molar-refractivity contribution in [3.63, 3.8) is 0 Å². The predicted molar refractivity (Wildman–Crippen MR) is 82.0 cm³/mol. The number of hydrogen-bond acceptors (Lipinski definition) is 2. The van der Waals surface area contributed by atoms with Crippen molar-refractivity contribution in [1.82, 2.24) is 9.78 Å². The maximum atomic E-state index is 13.7. The molecule has 6 heteroatoms. The van der Waals surface area contributed by atoms with Crippen LogP contribution in [0.5, 0.6) is 0 Å². The lowest BCUT2D eigenvalue weighted by atomic mass is 10.0. The first-order valence-corrected chi connectivity index (χ1v) is 7.62. The summed E-state index contributed by atoms with van der Waals surface area (Å²) in [6.07, 6.45) is 1.64. The highest BCUT2D eigenvalue weighted by Gasteiger charge is 2.17. The van der Waals surface area contributed by atoms with Gasteiger partial charge in [0.2, 0.25) is 0 Å². The highest BCUT2D eigenvalue weighted by molar-refractivity contribution is 9.10. The molecule has 2 aromatic rings. The van der Waals surface area contributed by atoms with Gasteiger partial charge in [-0.25, -0.2) is 8.78 Å². The molecule has 0 amide bonds. The summed E-state index contributed by atoms with van der Waals surface area (Å²) in [6, 6.07) is 3.86. The molecule has 3 nitrogen and oxygen atoms in total. The molecule has 0 radical (unpaired) electrons. The molecule has 1 heterocycles. The van der Waals surface area contributed by atoms with Crippen LogP contribution in [0.2, 0.25) is 0 Å². The van der Waals surface area contributed by atoms with Crippen LogP contribution in [0.3, 0.4) is 0 Å². The number of aryl methyl sites for hydroxylation is 2. The molecule has 0 fully saturated rings. The molecule has 0 saturated heterocycles. The molecule has 0 saturated carbocycles. The fourth-order valence-corrected chi connectivity index (χ4v) is 3.13. The number of rotatable bonds is 5. The number of nitrogens with two attached hydrogens (primary N) is 1. The van der Waals surface area contributed by atoms with Crippen LogP contribution in [0.15, 0.2) is 22.7 Å². The molecular formula is C15H18BrF2N3. The molecule has 114 valence electrons. The summed E-state index contributed by atoms with van der Waals surface area (Å²) in [5, 5.41) is 4.40. The minimum atomic E-state index is -0.838. The molecule has 2 rings (SSSR count). The first-order valence-electron chi connectivity index (χ1n) is 6.82. The second-order valence-electron chi connectivity index (χ2n) is 5.07. The van der Waals surface area contributed by atoms with E-state index in [9.17, 15) is 8.78 Å². The van der Waals surface area contributed by atoms with Gasteiger partial charge in [-0.3, -0.25) is 4.68 Å². The molecule has 0 spiro atoms. The van der Waals surface area contributed by atoms with Gasteiger partial charge < -0.3 is 5.73 Å². The fraction of sp³-hybridized carbons (Fsp3) is 0.400. The molecule has 1 aromatic heterocycles. The Morgan fingerprint density at radius 1 is 1.33 bits per heavy atom. The first kappa shape index (κ1) is 16.1. The fourth-order valence-electron chi connectivity index (χ4n) is 2.35. The molecule has 0 aliphatic rings. The van der Waals surface area contributed by atoms with Gasteiger partial charge in [-0.2, -0.15) is 5.10 Å². The van der Waals surface area contributed by atoms with Crippen molar-refractivity contribution in [2.75, 3.05) is 0 Å². The lowest BCUT2D eigenvalue weighted by Gasteiger charge is -2.13. The molecule has 0 aliphatic carbocycles. The predicted octanol–water partition coefficient (Wildman–Crippen LogP) is 3.14. The van der Waals surface area contributed by atoms with Crippen LogP contribution < -0.4 is 5.73 Å². The van der Waals surface area contributed by atoms with Crippen LogP contribution in [0.1, 0.15) is 23.9 Å². The Morgan fingerprint density at radius 3 is 2.67 bits per heavy atom. The third kappa shape index (κ3) is 3.49. The minimum absolute atomic E-state index is 0.280. The van der Waals surface area contributed by atoms with E-state index in [1.54, 1.807) is 10.7 Å². The molecule has 21 heavy (non-hydrogen) atoms. The van der Waals surface area contributed by atoms with Crippen LogP contribution in [0.4, 0.5) is 8.78 Å². The molecular weight excluding hydrogens is 340 g/mol. The van der Waals surface area contributed by atoms with E-state index in [0.717, 1.165) is 28.3 Å². The van der Waals surface area contributed by atoms with Crippen LogP contribution in [0.25, 0.3) is 0 Å². The van der Waals surface area contributed by atoms with Crippen LogP contribution in [-0.2, 0) is 26.3 Å². The van der Waals surface area contributed by atoms with Gasteiger partial charge >= 0.3 is 0 Å². The number of aromatic nitrogens is 2. The van der Waals surface area contributed by atoms with E-state index in [2.05, 4.69) is 21.0 Å². The van der Waals surface area contributed by atoms with Crippen LogP contribution in [0, 0.1) is 11.6 Å². The third-order valence-electron chi connectivity index (χ3n) is 3.47. The molecule has 2 N–H and O–H groups in total.